The van der Waals surface area contributed by atoms with Crippen molar-refractivity contribution >= 4 is 17.4 Å². The largest absolute Gasteiger partial charge is 0.328 e. The Labute approximate surface area is 122 Å². The van der Waals surface area contributed by atoms with Crippen LogP contribution in [0.2, 0.25) is 5.02 Å². The van der Waals surface area contributed by atoms with Crippen LogP contribution >= 0.6 is 11.6 Å². The van der Waals surface area contributed by atoms with E-state index in [-0.39, 0.29) is 5.78 Å². The number of nitriles is 1. The molecule has 0 spiro atoms. The third-order valence-corrected chi connectivity index (χ3v) is 3.50. The first-order chi connectivity index (χ1) is 9.56. The highest BCUT2D eigenvalue weighted by Gasteiger charge is 2.23. The van der Waals surface area contributed by atoms with E-state index in [1.807, 2.05) is 18.2 Å². The van der Waals surface area contributed by atoms with Crippen molar-refractivity contribution in [3.8, 4) is 6.07 Å². The van der Waals surface area contributed by atoms with Gasteiger partial charge in [-0.25, -0.2) is 0 Å². The summed E-state index contributed by atoms with van der Waals surface area (Å²) in [6, 6.07) is 12.3. The molecule has 0 unspecified atom stereocenters. The number of carbonyl (C=O) groups is 1. The predicted octanol–water partition coefficient (Wildman–Crippen LogP) is 3.75. The smallest absolute Gasteiger partial charge is 0.157 e. The van der Waals surface area contributed by atoms with Crippen LogP contribution in [0.3, 0.4) is 0 Å². The van der Waals surface area contributed by atoms with E-state index in [0.717, 1.165) is 5.56 Å². The van der Waals surface area contributed by atoms with Gasteiger partial charge in [0.1, 0.15) is 11.8 Å². The fourth-order valence-corrected chi connectivity index (χ4v) is 2.35. The van der Waals surface area contributed by atoms with Gasteiger partial charge in [0.2, 0.25) is 0 Å². The molecule has 3 nitrogen and oxygen atoms in total. The number of hydrogen-bond acceptors (Lipinski definition) is 2. The zero-order valence-electron chi connectivity index (χ0n) is 11.0. The third kappa shape index (κ3) is 2.52. The zero-order chi connectivity index (χ0) is 14.7. The fourth-order valence-electron chi connectivity index (χ4n) is 2.11. The van der Waals surface area contributed by atoms with Gasteiger partial charge in [-0.3, -0.25) is 4.79 Å². The Balaban J connectivity index is 2.64. The Hall–Kier alpha value is -2.31. The minimum absolute atomic E-state index is 0.132. The molecule has 0 fully saturated rings. The van der Waals surface area contributed by atoms with Crippen molar-refractivity contribution in [1.82, 2.24) is 4.57 Å². The minimum atomic E-state index is -0.467. The molecule has 0 aliphatic carbocycles. The maximum atomic E-state index is 11.7. The number of Topliss-reactive ketones (excluding diaryl/α,β-unsaturated/α-hetero) is 1. The Kier molecular flexibility index (Phi) is 4.07. The van der Waals surface area contributed by atoms with E-state index >= 15 is 0 Å². The minimum Gasteiger partial charge on any atom is -0.328 e. The van der Waals surface area contributed by atoms with E-state index in [0.29, 0.717) is 16.3 Å². The van der Waals surface area contributed by atoms with Crippen LogP contribution < -0.4 is 0 Å². The Bertz CT molecular complexity index is 707. The van der Waals surface area contributed by atoms with Gasteiger partial charge in [0.05, 0.1) is 6.04 Å². The van der Waals surface area contributed by atoms with E-state index in [1.165, 1.54) is 6.92 Å². The molecule has 0 bridgehead atoms. The zero-order valence-corrected chi connectivity index (χ0v) is 11.8. The predicted molar refractivity (Wildman–Crippen MR) is 78.6 cm³/mol. The first-order valence-corrected chi connectivity index (χ1v) is 6.45. The first kappa shape index (κ1) is 14.1. The molecule has 0 aliphatic rings. The van der Waals surface area contributed by atoms with E-state index in [1.54, 1.807) is 29.0 Å². The average molecular weight is 285 g/mol. The van der Waals surface area contributed by atoms with Crippen molar-refractivity contribution in [2.24, 2.45) is 0 Å². The third-order valence-electron chi connectivity index (χ3n) is 3.15. The summed E-state index contributed by atoms with van der Waals surface area (Å²) in [7, 11) is 0. The molecule has 1 heterocycles. The molecule has 100 valence electrons. The molecule has 20 heavy (non-hydrogen) atoms. The summed E-state index contributed by atoms with van der Waals surface area (Å²) in [6.45, 7) is 5.33. The van der Waals surface area contributed by atoms with Gasteiger partial charge in [0.15, 0.2) is 5.78 Å². The molecule has 0 amide bonds. The van der Waals surface area contributed by atoms with Gasteiger partial charge in [0, 0.05) is 16.8 Å². The molecule has 1 atom stereocenters. The summed E-state index contributed by atoms with van der Waals surface area (Å²) in [5.74, 6) is -0.132. The number of aromatic nitrogens is 1. The second-order valence-electron chi connectivity index (χ2n) is 4.42. The number of benzene rings is 1. The number of halogens is 1. The SMILES string of the molecule is C=C(C(C)=O)[C@H](c1ccccc1Cl)n1cccc1C#N. The Morgan fingerprint density at radius 2 is 2.05 bits per heavy atom. The molecule has 1 aromatic heterocycles. The maximum Gasteiger partial charge on any atom is 0.157 e. The second kappa shape index (κ2) is 5.77. The van der Waals surface area contributed by atoms with Crippen molar-refractivity contribution in [1.29, 1.82) is 5.26 Å². The maximum absolute atomic E-state index is 11.7. The quantitative estimate of drug-likeness (QED) is 0.803. The van der Waals surface area contributed by atoms with Crippen LogP contribution in [0, 0.1) is 11.3 Å². The number of nitrogens with zero attached hydrogens (tertiary/aromatic N) is 2. The van der Waals surface area contributed by atoms with E-state index in [2.05, 4.69) is 12.6 Å². The van der Waals surface area contributed by atoms with Gasteiger partial charge < -0.3 is 4.57 Å². The lowest BCUT2D eigenvalue weighted by Crippen LogP contribution is -2.18. The number of rotatable bonds is 4. The van der Waals surface area contributed by atoms with Crippen molar-refractivity contribution in [3.63, 3.8) is 0 Å². The van der Waals surface area contributed by atoms with Crippen molar-refractivity contribution in [2.45, 2.75) is 13.0 Å². The second-order valence-corrected chi connectivity index (χ2v) is 4.83. The molecule has 0 saturated carbocycles. The first-order valence-electron chi connectivity index (χ1n) is 6.07. The standard InChI is InChI=1S/C16H13ClN2O/c1-11(12(2)20)16(14-7-3-4-8-15(14)17)19-9-5-6-13(19)10-18/h3-9,16H,1H2,2H3/t16-/m1/s1. The van der Waals surface area contributed by atoms with E-state index in [4.69, 9.17) is 11.6 Å². The molecule has 0 radical (unpaired) electrons. The Morgan fingerprint density at radius 3 is 2.65 bits per heavy atom. The van der Waals surface area contributed by atoms with Gasteiger partial charge in [-0.2, -0.15) is 5.26 Å². The molecule has 1 aromatic carbocycles. The molecule has 0 aliphatic heterocycles. The summed E-state index contributed by atoms with van der Waals surface area (Å²) >= 11 is 6.23. The van der Waals surface area contributed by atoms with E-state index in [9.17, 15) is 10.1 Å². The lowest BCUT2D eigenvalue weighted by atomic mass is 9.96. The van der Waals surface area contributed by atoms with Gasteiger partial charge in [-0.15, -0.1) is 0 Å². The molecule has 2 aromatic rings. The van der Waals surface area contributed by atoms with Crippen LogP contribution in [0.25, 0.3) is 0 Å². The van der Waals surface area contributed by atoms with Crippen molar-refractivity contribution in [2.75, 3.05) is 0 Å². The highest BCUT2D eigenvalue weighted by Crippen LogP contribution is 2.32. The normalized spacial score (nSPS) is 11.7. The molecular weight excluding hydrogens is 272 g/mol. The van der Waals surface area contributed by atoms with Crippen molar-refractivity contribution < 1.29 is 4.79 Å². The molecule has 2 rings (SSSR count). The number of carbonyl (C=O) groups excluding carboxylic acids is 1. The van der Waals surface area contributed by atoms with Crippen molar-refractivity contribution in [3.05, 3.63) is 71.0 Å². The fraction of sp³-hybridized carbons (Fsp3) is 0.125. The monoisotopic (exact) mass is 284 g/mol. The van der Waals surface area contributed by atoms with Gasteiger partial charge >= 0.3 is 0 Å². The van der Waals surface area contributed by atoms with Crippen LogP contribution in [0.4, 0.5) is 0 Å². The summed E-state index contributed by atoms with van der Waals surface area (Å²) in [6.07, 6.45) is 1.75. The van der Waals surface area contributed by atoms with Crippen LogP contribution in [0.15, 0.2) is 54.7 Å². The highest BCUT2D eigenvalue weighted by atomic mass is 35.5. The number of allylic oxidation sites excluding steroid dienone is 1. The Morgan fingerprint density at radius 1 is 1.35 bits per heavy atom. The number of ketones is 1. The molecule has 4 heteroatoms. The molecule has 0 saturated heterocycles. The van der Waals surface area contributed by atoms with Crippen LogP contribution in [-0.2, 0) is 4.79 Å². The molecule has 0 N–H and O–H groups in total. The average Bonchev–Trinajstić information content (AvgIpc) is 2.89. The van der Waals surface area contributed by atoms with E-state index < -0.39 is 6.04 Å². The van der Waals surface area contributed by atoms with Crippen LogP contribution in [-0.4, -0.2) is 10.4 Å². The summed E-state index contributed by atoms with van der Waals surface area (Å²) in [5.41, 5.74) is 1.60. The summed E-state index contributed by atoms with van der Waals surface area (Å²) in [5, 5.41) is 9.71. The van der Waals surface area contributed by atoms with Crippen LogP contribution in [0.1, 0.15) is 24.2 Å². The number of hydrogen-bond donors (Lipinski definition) is 0. The van der Waals surface area contributed by atoms with Gasteiger partial charge in [-0.05, 0) is 30.7 Å². The lowest BCUT2D eigenvalue weighted by molar-refractivity contribution is -0.113. The highest BCUT2D eigenvalue weighted by molar-refractivity contribution is 6.31. The van der Waals surface area contributed by atoms with Gasteiger partial charge in [0.25, 0.3) is 0 Å². The van der Waals surface area contributed by atoms with Gasteiger partial charge in [-0.1, -0.05) is 36.4 Å². The summed E-state index contributed by atoms with van der Waals surface area (Å²) in [4.78, 5) is 11.7. The lowest BCUT2D eigenvalue weighted by Gasteiger charge is -2.22. The topological polar surface area (TPSA) is 45.8 Å². The van der Waals surface area contributed by atoms with Crippen LogP contribution in [0.5, 0.6) is 0 Å². The molecular formula is C16H13ClN2O. The summed E-state index contributed by atoms with van der Waals surface area (Å²) < 4.78 is 1.71.